The summed E-state index contributed by atoms with van der Waals surface area (Å²) in [4.78, 5) is 21.8. The Bertz CT molecular complexity index is 642. The Kier molecular flexibility index (Phi) is 4.88. The van der Waals surface area contributed by atoms with Gasteiger partial charge in [-0.05, 0) is 35.9 Å². The molecule has 0 fully saturated rings. The molecule has 0 aromatic heterocycles. The van der Waals surface area contributed by atoms with E-state index >= 15 is 0 Å². The SMILES string of the molecule is O=C(O)C(=O)c1ccc(OCC=Cc2ccccc2)cc1. The van der Waals surface area contributed by atoms with Gasteiger partial charge in [0.1, 0.15) is 12.4 Å². The molecule has 0 aliphatic rings. The van der Waals surface area contributed by atoms with Crippen molar-refractivity contribution in [2.24, 2.45) is 0 Å². The fraction of sp³-hybridized carbons (Fsp3) is 0.0588. The fourth-order valence-electron chi connectivity index (χ4n) is 1.72. The molecule has 0 unspecified atom stereocenters. The topological polar surface area (TPSA) is 63.6 Å². The molecule has 0 aliphatic heterocycles. The lowest BCUT2D eigenvalue weighted by Crippen LogP contribution is -2.12. The molecule has 21 heavy (non-hydrogen) atoms. The quantitative estimate of drug-likeness (QED) is 0.653. The lowest BCUT2D eigenvalue weighted by atomic mass is 10.1. The maximum absolute atomic E-state index is 11.2. The van der Waals surface area contributed by atoms with E-state index in [1.165, 1.54) is 12.1 Å². The van der Waals surface area contributed by atoms with E-state index < -0.39 is 11.8 Å². The molecule has 0 bridgehead atoms. The molecule has 4 nitrogen and oxygen atoms in total. The van der Waals surface area contributed by atoms with Crippen molar-refractivity contribution in [3.05, 3.63) is 71.8 Å². The summed E-state index contributed by atoms with van der Waals surface area (Å²) in [6, 6.07) is 15.9. The number of carbonyl (C=O) groups excluding carboxylic acids is 1. The summed E-state index contributed by atoms with van der Waals surface area (Å²) in [6.45, 7) is 0.390. The van der Waals surface area contributed by atoms with Crippen LogP contribution in [0.4, 0.5) is 0 Å². The molecule has 2 aromatic rings. The third-order valence-electron chi connectivity index (χ3n) is 2.77. The third kappa shape index (κ3) is 4.31. The van der Waals surface area contributed by atoms with Crippen LogP contribution in [0.3, 0.4) is 0 Å². The van der Waals surface area contributed by atoms with E-state index in [-0.39, 0.29) is 5.56 Å². The number of carbonyl (C=O) groups is 2. The summed E-state index contributed by atoms with van der Waals surface area (Å²) < 4.78 is 5.48. The summed E-state index contributed by atoms with van der Waals surface area (Å²) in [5.74, 6) is -1.81. The van der Waals surface area contributed by atoms with E-state index in [1.807, 2.05) is 42.5 Å². The minimum atomic E-state index is -1.46. The number of hydrogen-bond acceptors (Lipinski definition) is 3. The Morgan fingerprint density at radius 3 is 2.29 bits per heavy atom. The van der Waals surface area contributed by atoms with Crippen molar-refractivity contribution in [1.29, 1.82) is 0 Å². The summed E-state index contributed by atoms with van der Waals surface area (Å²) in [6.07, 6.45) is 3.83. The zero-order chi connectivity index (χ0) is 15.1. The molecule has 4 heteroatoms. The maximum atomic E-state index is 11.2. The van der Waals surface area contributed by atoms with Crippen molar-refractivity contribution in [1.82, 2.24) is 0 Å². The standard InChI is InChI=1S/C17H14O4/c18-16(17(19)20)14-8-10-15(11-9-14)21-12-4-7-13-5-2-1-3-6-13/h1-11H,12H2,(H,19,20). The van der Waals surface area contributed by atoms with Gasteiger partial charge in [-0.1, -0.05) is 36.4 Å². The second-order valence-electron chi connectivity index (χ2n) is 4.28. The minimum absolute atomic E-state index is 0.134. The van der Waals surface area contributed by atoms with Crippen molar-refractivity contribution >= 4 is 17.8 Å². The highest BCUT2D eigenvalue weighted by atomic mass is 16.5. The number of benzene rings is 2. The normalized spacial score (nSPS) is 10.5. The molecule has 1 N–H and O–H groups in total. The number of ether oxygens (including phenoxy) is 1. The summed E-state index contributed by atoms with van der Waals surface area (Å²) in [7, 11) is 0. The van der Waals surface area contributed by atoms with Crippen molar-refractivity contribution in [2.45, 2.75) is 0 Å². The molecule has 0 atom stereocenters. The summed E-state index contributed by atoms with van der Waals surface area (Å²) in [5.41, 5.74) is 1.22. The van der Waals surface area contributed by atoms with Crippen LogP contribution in [-0.2, 0) is 4.79 Å². The van der Waals surface area contributed by atoms with Gasteiger partial charge in [0.15, 0.2) is 0 Å². The number of carboxylic acid groups (broad SMARTS) is 1. The number of Topliss-reactive ketones (excluding diaryl/α,β-unsaturated/α-hetero) is 1. The molecule has 106 valence electrons. The van der Waals surface area contributed by atoms with Crippen molar-refractivity contribution in [3.8, 4) is 5.75 Å². The van der Waals surface area contributed by atoms with Crippen molar-refractivity contribution < 1.29 is 19.4 Å². The molecule has 2 aromatic carbocycles. The molecular formula is C17H14O4. The van der Waals surface area contributed by atoms with Gasteiger partial charge in [-0.2, -0.15) is 0 Å². The number of carboxylic acids is 1. The fourth-order valence-corrected chi connectivity index (χ4v) is 1.72. The summed E-state index contributed by atoms with van der Waals surface area (Å²) >= 11 is 0. The van der Waals surface area contributed by atoms with Crippen LogP contribution in [0.25, 0.3) is 6.08 Å². The van der Waals surface area contributed by atoms with Crippen LogP contribution in [0.2, 0.25) is 0 Å². The Labute approximate surface area is 122 Å². The van der Waals surface area contributed by atoms with E-state index in [4.69, 9.17) is 9.84 Å². The second-order valence-corrected chi connectivity index (χ2v) is 4.28. The smallest absolute Gasteiger partial charge is 0.377 e. The van der Waals surface area contributed by atoms with Gasteiger partial charge in [-0.3, -0.25) is 4.79 Å². The number of rotatable bonds is 6. The largest absolute Gasteiger partial charge is 0.490 e. The Morgan fingerprint density at radius 2 is 1.67 bits per heavy atom. The van der Waals surface area contributed by atoms with Gasteiger partial charge in [-0.15, -0.1) is 0 Å². The first-order chi connectivity index (χ1) is 10.2. The third-order valence-corrected chi connectivity index (χ3v) is 2.77. The number of ketones is 1. The predicted octanol–water partition coefficient (Wildman–Crippen LogP) is 3.05. The number of aliphatic carboxylic acids is 1. The number of hydrogen-bond donors (Lipinski definition) is 1. The lowest BCUT2D eigenvalue weighted by Gasteiger charge is -2.03. The average Bonchev–Trinajstić information content (AvgIpc) is 2.52. The van der Waals surface area contributed by atoms with Crippen LogP contribution >= 0.6 is 0 Å². The first kappa shape index (κ1) is 14.5. The van der Waals surface area contributed by atoms with E-state index in [9.17, 15) is 9.59 Å². The molecule has 0 spiro atoms. The van der Waals surface area contributed by atoms with Crippen LogP contribution in [0.15, 0.2) is 60.7 Å². The van der Waals surface area contributed by atoms with Crippen LogP contribution in [0.5, 0.6) is 5.75 Å². The first-order valence-electron chi connectivity index (χ1n) is 6.39. The summed E-state index contributed by atoms with van der Waals surface area (Å²) in [5, 5.41) is 8.60. The second kappa shape index (κ2) is 7.05. The first-order valence-corrected chi connectivity index (χ1v) is 6.39. The molecule has 0 heterocycles. The highest BCUT2D eigenvalue weighted by Gasteiger charge is 2.13. The highest BCUT2D eigenvalue weighted by Crippen LogP contribution is 2.13. The molecule has 0 amide bonds. The van der Waals surface area contributed by atoms with Gasteiger partial charge in [0.2, 0.25) is 0 Å². The lowest BCUT2D eigenvalue weighted by molar-refractivity contribution is -0.131. The maximum Gasteiger partial charge on any atom is 0.377 e. The highest BCUT2D eigenvalue weighted by molar-refractivity contribution is 6.39. The van der Waals surface area contributed by atoms with Crippen molar-refractivity contribution in [3.63, 3.8) is 0 Å². The van der Waals surface area contributed by atoms with E-state index in [0.29, 0.717) is 12.4 Å². The van der Waals surface area contributed by atoms with Crippen LogP contribution in [-0.4, -0.2) is 23.5 Å². The minimum Gasteiger partial charge on any atom is -0.490 e. The van der Waals surface area contributed by atoms with Gasteiger partial charge < -0.3 is 9.84 Å². The van der Waals surface area contributed by atoms with Gasteiger partial charge in [0.25, 0.3) is 5.78 Å². The van der Waals surface area contributed by atoms with E-state index in [2.05, 4.69) is 0 Å². The van der Waals surface area contributed by atoms with Crippen LogP contribution < -0.4 is 4.74 Å². The van der Waals surface area contributed by atoms with E-state index in [1.54, 1.807) is 12.1 Å². The van der Waals surface area contributed by atoms with Crippen LogP contribution in [0.1, 0.15) is 15.9 Å². The van der Waals surface area contributed by atoms with Gasteiger partial charge >= 0.3 is 5.97 Å². The zero-order valence-corrected chi connectivity index (χ0v) is 11.2. The molecule has 0 saturated heterocycles. The molecule has 2 rings (SSSR count). The predicted molar refractivity (Wildman–Crippen MR) is 79.4 cm³/mol. The zero-order valence-electron chi connectivity index (χ0n) is 11.2. The Morgan fingerprint density at radius 1 is 1.00 bits per heavy atom. The van der Waals surface area contributed by atoms with Gasteiger partial charge in [0, 0.05) is 5.56 Å². The Balaban J connectivity index is 1.88. The average molecular weight is 282 g/mol. The van der Waals surface area contributed by atoms with E-state index in [0.717, 1.165) is 5.56 Å². The Hall–Kier alpha value is -2.88. The van der Waals surface area contributed by atoms with Gasteiger partial charge in [0.05, 0.1) is 0 Å². The van der Waals surface area contributed by atoms with Gasteiger partial charge in [-0.25, -0.2) is 4.79 Å². The van der Waals surface area contributed by atoms with Crippen LogP contribution in [0, 0.1) is 0 Å². The molecule has 0 radical (unpaired) electrons. The van der Waals surface area contributed by atoms with Crippen molar-refractivity contribution in [2.75, 3.05) is 6.61 Å². The molecular weight excluding hydrogens is 268 g/mol. The molecule has 0 saturated carbocycles. The molecule has 0 aliphatic carbocycles. The monoisotopic (exact) mass is 282 g/mol.